The molecule has 0 aliphatic rings. The molecule has 108 valence electrons. The fraction of sp³-hybridized carbons (Fsp3) is 0.182. The van der Waals surface area contributed by atoms with Crippen molar-refractivity contribution in [1.29, 1.82) is 0 Å². The summed E-state index contributed by atoms with van der Waals surface area (Å²) < 4.78 is 43.3. The Kier molecular flexibility index (Phi) is 4.36. The van der Waals surface area contributed by atoms with Crippen LogP contribution in [0.15, 0.2) is 33.9 Å². The topological polar surface area (TPSA) is 61.2 Å². The van der Waals surface area contributed by atoms with Crippen molar-refractivity contribution in [1.82, 2.24) is 9.78 Å². The van der Waals surface area contributed by atoms with Crippen LogP contribution < -0.4 is 4.74 Å². The van der Waals surface area contributed by atoms with Crippen LogP contribution in [0.1, 0.15) is 5.56 Å². The van der Waals surface area contributed by atoms with Gasteiger partial charge in [-0.2, -0.15) is 5.10 Å². The normalized spacial score (nSPS) is 11.6. The summed E-state index contributed by atoms with van der Waals surface area (Å²) in [4.78, 5) is -0.597. The highest BCUT2D eigenvalue weighted by Crippen LogP contribution is 2.32. The number of halogens is 3. The average molecular weight is 384 g/mol. The van der Waals surface area contributed by atoms with Gasteiger partial charge in [0.1, 0.15) is 23.1 Å². The second-order valence-electron chi connectivity index (χ2n) is 3.96. The largest absolute Gasteiger partial charge is 0.487 e. The molecule has 1 aromatic heterocycles. The van der Waals surface area contributed by atoms with Gasteiger partial charge in [-0.15, -0.1) is 0 Å². The molecule has 2 aromatic rings. The van der Waals surface area contributed by atoms with Crippen molar-refractivity contribution < 1.29 is 17.5 Å². The molecule has 0 unspecified atom stereocenters. The number of ether oxygens (including phenoxy) is 1. The summed E-state index contributed by atoms with van der Waals surface area (Å²) in [5.74, 6) is -0.792. The molecule has 9 heteroatoms. The molecule has 20 heavy (non-hydrogen) atoms. The van der Waals surface area contributed by atoms with Crippen molar-refractivity contribution >= 4 is 35.7 Å². The van der Waals surface area contributed by atoms with Crippen LogP contribution in [0.2, 0.25) is 0 Å². The Morgan fingerprint density at radius 2 is 2.20 bits per heavy atom. The fourth-order valence-corrected chi connectivity index (χ4v) is 3.03. The first kappa shape index (κ1) is 15.3. The van der Waals surface area contributed by atoms with Crippen LogP contribution in [0.4, 0.5) is 4.39 Å². The molecule has 5 nitrogen and oxygen atoms in total. The molecule has 0 aliphatic carbocycles. The summed E-state index contributed by atoms with van der Waals surface area (Å²) in [6.45, 7) is 0.179. The van der Waals surface area contributed by atoms with Crippen molar-refractivity contribution in [2.45, 2.75) is 11.5 Å². The van der Waals surface area contributed by atoms with Gasteiger partial charge in [0.05, 0.1) is 10.7 Å². The van der Waals surface area contributed by atoms with Gasteiger partial charge in [0.15, 0.2) is 0 Å². The van der Waals surface area contributed by atoms with Gasteiger partial charge in [0.25, 0.3) is 9.05 Å². The van der Waals surface area contributed by atoms with Gasteiger partial charge in [-0.1, -0.05) is 0 Å². The molecule has 0 atom stereocenters. The van der Waals surface area contributed by atoms with E-state index < -0.39 is 19.8 Å². The second-order valence-corrected chi connectivity index (χ2v) is 7.35. The average Bonchev–Trinajstić information content (AvgIpc) is 2.74. The van der Waals surface area contributed by atoms with Gasteiger partial charge in [-0.3, -0.25) is 4.68 Å². The van der Waals surface area contributed by atoms with E-state index in [1.54, 1.807) is 24.1 Å². The van der Waals surface area contributed by atoms with Crippen LogP contribution in [0.3, 0.4) is 0 Å². The summed E-state index contributed by atoms with van der Waals surface area (Å²) in [5.41, 5.74) is 0.800. The summed E-state index contributed by atoms with van der Waals surface area (Å²) in [6.07, 6.45) is 3.36. The minimum absolute atomic E-state index is 0.176. The van der Waals surface area contributed by atoms with Gasteiger partial charge in [-0.25, -0.2) is 12.8 Å². The fourth-order valence-electron chi connectivity index (χ4n) is 1.52. The molecular formula is C11H9BrClFN2O3S. The standard InChI is InChI=1S/C11H9BrClFN2O3S/c1-16-5-7(4-15-16)6-19-10-3-9(14)11(2-8(10)12)20(13,17)18/h2-5H,6H2,1H3. The number of benzene rings is 1. The van der Waals surface area contributed by atoms with Crippen molar-refractivity contribution in [2.24, 2.45) is 7.05 Å². The summed E-state index contributed by atoms with van der Waals surface area (Å²) >= 11 is 3.12. The number of hydrogen-bond acceptors (Lipinski definition) is 4. The predicted octanol–water partition coefficient (Wildman–Crippen LogP) is 2.83. The first-order valence-electron chi connectivity index (χ1n) is 5.31. The molecular weight excluding hydrogens is 375 g/mol. The smallest absolute Gasteiger partial charge is 0.264 e. The van der Waals surface area contributed by atoms with Crippen LogP contribution >= 0.6 is 26.6 Å². The Balaban J connectivity index is 2.23. The molecule has 1 aromatic carbocycles. The Morgan fingerprint density at radius 1 is 1.50 bits per heavy atom. The molecule has 0 aliphatic heterocycles. The van der Waals surface area contributed by atoms with Gasteiger partial charge in [-0.05, 0) is 22.0 Å². The highest BCUT2D eigenvalue weighted by Gasteiger charge is 2.19. The van der Waals surface area contributed by atoms with Gasteiger partial charge >= 0.3 is 0 Å². The first-order chi connectivity index (χ1) is 9.27. The highest BCUT2D eigenvalue weighted by molar-refractivity contribution is 9.10. The predicted molar refractivity (Wildman–Crippen MR) is 74.7 cm³/mol. The van der Waals surface area contributed by atoms with E-state index in [0.717, 1.165) is 17.7 Å². The minimum Gasteiger partial charge on any atom is -0.487 e. The number of nitrogens with zero attached hydrogens (tertiary/aromatic N) is 2. The van der Waals surface area contributed by atoms with E-state index >= 15 is 0 Å². The van der Waals surface area contributed by atoms with E-state index in [1.165, 1.54) is 0 Å². The lowest BCUT2D eigenvalue weighted by Gasteiger charge is -2.09. The first-order valence-corrected chi connectivity index (χ1v) is 8.41. The Hall–Kier alpha value is -1.12. The lowest BCUT2D eigenvalue weighted by molar-refractivity contribution is 0.302. The van der Waals surface area contributed by atoms with Crippen LogP contribution in [0, 0.1) is 5.82 Å². The van der Waals surface area contributed by atoms with Crippen LogP contribution in [0.25, 0.3) is 0 Å². The Morgan fingerprint density at radius 3 is 2.75 bits per heavy atom. The van der Waals surface area contributed by atoms with E-state index in [2.05, 4.69) is 21.0 Å². The van der Waals surface area contributed by atoms with Crippen molar-refractivity contribution in [3.63, 3.8) is 0 Å². The maximum atomic E-state index is 13.7. The molecule has 2 rings (SSSR count). The number of hydrogen-bond donors (Lipinski definition) is 0. The molecule has 1 heterocycles. The molecule has 0 bridgehead atoms. The number of aryl methyl sites for hydroxylation is 1. The zero-order valence-corrected chi connectivity index (χ0v) is 13.3. The lowest BCUT2D eigenvalue weighted by Crippen LogP contribution is -2.00. The van der Waals surface area contributed by atoms with Gasteiger partial charge in [0, 0.05) is 35.6 Å². The second kappa shape index (κ2) is 5.71. The SMILES string of the molecule is Cn1cc(COc2cc(F)c(S(=O)(=O)Cl)cc2Br)cn1. The quantitative estimate of drug-likeness (QED) is 0.762. The molecule has 0 radical (unpaired) electrons. The van der Waals surface area contributed by atoms with Crippen LogP contribution in [-0.2, 0) is 22.7 Å². The molecule has 0 saturated heterocycles. The Labute approximate surface area is 127 Å². The van der Waals surface area contributed by atoms with E-state index in [1.807, 2.05) is 0 Å². The van der Waals surface area contributed by atoms with Crippen LogP contribution in [-0.4, -0.2) is 18.2 Å². The van der Waals surface area contributed by atoms with E-state index in [0.29, 0.717) is 4.47 Å². The van der Waals surface area contributed by atoms with Crippen molar-refractivity contribution in [2.75, 3.05) is 0 Å². The van der Waals surface area contributed by atoms with Gasteiger partial charge < -0.3 is 4.74 Å². The zero-order valence-electron chi connectivity index (χ0n) is 10.2. The molecule has 0 saturated carbocycles. The summed E-state index contributed by atoms with van der Waals surface area (Å²) in [5, 5.41) is 3.97. The van der Waals surface area contributed by atoms with Crippen LogP contribution in [0.5, 0.6) is 5.75 Å². The number of aromatic nitrogens is 2. The third kappa shape index (κ3) is 3.50. The van der Waals surface area contributed by atoms with Crippen molar-refractivity contribution in [3.8, 4) is 5.75 Å². The third-order valence-corrected chi connectivity index (χ3v) is 4.36. The zero-order chi connectivity index (χ0) is 14.9. The van der Waals surface area contributed by atoms with Gasteiger partial charge in [0.2, 0.25) is 0 Å². The third-order valence-electron chi connectivity index (χ3n) is 2.40. The van der Waals surface area contributed by atoms with E-state index in [9.17, 15) is 12.8 Å². The summed E-state index contributed by atoms with van der Waals surface area (Å²) in [6, 6.07) is 2.03. The lowest BCUT2D eigenvalue weighted by atomic mass is 10.3. The minimum atomic E-state index is -4.14. The highest BCUT2D eigenvalue weighted by atomic mass is 79.9. The summed E-state index contributed by atoms with van der Waals surface area (Å²) in [7, 11) is 2.75. The molecule has 0 spiro atoms. The van der Waals surface area contributed by atoms with E-state index in [4.69, 9.17) is 15.4 Å². The maximum absolute atomic E-state index is 13.7. The molecule has 0 fully saturated rings. The maximum Gasteiger partial charge on any atom is 0.264 e. The van der Waals surface area contributed by atoms with Crippen molar-refractivity contribution in [3.05, 3.63) is 40.4 Å². The monoisotopic (exact) mass is 382 g/mol. The Bertz CT molecular complexity index is 748. The number of rotatable bonds is 4. The molecule has 0 N–H and O–H groups in total. The van der Waals surface area contributed by atoms with E-state index in [-0.39, 0.29) is 12.4 Å². The molecule has 0 amide bonds.